The summed E-state index contributed by atoms with van der Waals surface area (Å²) in [4.78, 5) is 21.2. The maximum Gasteiger partial charge on any atom is 0.162 e. The van der Waals surface area contributed by atoms with Crippen LogP contribution in [-0.4, -0.2) is 20.9 Å². The minimum absolute atomic E-state index is 0. The number of aromatic nitrogens is 2. The van der Waals surface area contributed by atoms with Gasteiger partial charge in [-0.3, -0.25) is 9.78 Å². The Morgan fingerprint density at radius 1 is 0.854 bits per heavy atom. The third-order valence-electron chi connectivity index (χ3n) is 9.00. The van der Waals surface area contributed by atoms with E-state index in [2.05, 4.69) is 96.1 Å². The summed E-state index contributed by atoms with van der Waals surface area (Å²) >= 11 is 1.82. The molecule has 1 radical (unpaired) electrons. The molecule has 0 unspecified atom stereocenters. The van der Waals surface area contributed by atoms with Crippen LogP contribution in [-0.2, 0) is 36.7 Å². The van der Waals surface area contributed by atoms with Crippen LogP contribution in [0.15, 0.2) is 66.7 Å². The maximum absolute atomic E-state index is 11.7. The summed E-state index contributed by atoms with van der Waals surface area (Å²) in [6, 6.07) is 21.1. The van der Waals surface area contributed by atoms with Gasteiger partial charge in [-0.1, -0.05) is 117 Å². The Kier molecular flexibility index (Phi) is 13.7. The second-order valence-electron chi connectivity index (χ2n) is 14.9. The number of rotatable bonds is 9. The molecule has 0 bridgehead atoms. The van der Waals surface area contributed by atoms with E-state index in [1.54, 1.807) is 6.33 Å². The van der Waals surface area contributed by atoms with Crippen LogP contribution in [0.5, 0.6) is 0 Å². The van der Waals surface area contributed by atoms with Crippen LogP contribution in [0.1, 0.15) is 106 Å². The van der Waals surface area contributed by atoms with Gasteiger partial charge in [0.05, 0.1) is 11.3 Å². The van der Waals surface area contributed by atoms with Crippen molar-refractivity contribution in [2.45, 2.75) is 107 Å². The number of fused-ring (bicyclic) bond motifs is 4. The normalized spacial score (nSPS) is 12.5. The molecule has 0 amide bonds. The van der Waals surface area contributed by atoms with Crippen LogP contribution in [0.4, 0.5) is 0 Å². The summed E-state index contributed by atoms with van der Waals surface area (Å²) in [6.07, 6.45) is 7.65. The predicted octanol–water partition coefficient (Wildman–Crippen LogP) is 12.2. The molecule has 0 saturated carbocycles. The van der Waals surface area contributed by atoms with Crippen LogP contribution < -0.4 is 0 Å². The number of carbonyl (C=O) groups is 1. The van der Waals surface area contributed by atoms with Crippen LogP contribution >= 0.6 is 11.3 Å². The minimum atomic E-state index is 0. The summed E-state index contributed by atoms with van der Waals surface area (Å²) < 4.78 is 2.48. The molecule has 2 aromatic heterocycles. The van der Waals surface area contributed by atoms with Gasteiger partial charge in [0, 0.05) is 58.5 Å². The van der Waals surface area contributed by atoms with Gasteiger partial charge >= 0.3 is 0 Å². The molecule has 0 aliphatic heterocycles. The molecule has 0 aliphatic carbocycles. The first-order valence-corrected chi connectivity index (χ1v) is 18.1. The molecule has 6 heteroatoms. The minimum Gasteiger partial charge on any atom is -0.512 e. The zero-order valence-corrected chi connectivity index (χ0v) is 33.7. The molecule has 0 aliphatic rings. The Labute approximate surface area is 305 Å². The fourth-order valence-electron chi connectivity index (χ4n) is 6.32. The molecule has 48 heavy (non-hydrogen) atoms. The SMILES string of the molecule is CC(C)(C)Cc1cccc2c1sc1c(-c3[c-]c4ccccc4c(C(C)(C)C)c3)ncnc12.CCC(CC)C(=O)/C=C(\O)C(CC)CC.[Ir]. The Balaban J connectivity index is 0.000000334. The van der Waals surface area contributed by atoms with E-state index in [0.29, 0.717) is 0 Å². The molecule has 0 fully saturated rings. The molecule has 3 aromatic carbocycles. The molecule has 2 heterocycles. The first kappa shape index (κ1) is 39.5. The van der Waals surface area contributed by atoms with Crippen molar-refractivity contribution in [3.8, 4) is 11.3 Å². The van der Waals surface area contributed by atoms with Gasteiger partial charge in [-0.2, -0.15) is 0 Å². The van der Waals surface area contributed by atoms with Crippen LogP contribution in [0.2, 0.25) is 0 Å². The van der Waals surface area contributed by atoms with Crippen LogP contribution in [0, 0.1) is 23.3 Å². The van der Waals surface area contributed by atoms with Crippen molar-refractivity contribution in [1.82, 2.24) is 9.97 Å². The van der Waals surface area contributed by atoms with Crippen molar-refractivity contribution >= 4 is 48.2 Å². The number of hydrogen-bond acceptors (Lipinski definition) is 5. The Bertz CT molecular complexity index is 1870. The number of nitrogens with zero attached hydrogens (tertiary/aromatic N) is 2. The van der Waals surface area contributed by atoms with Crippen molar-refractivity contribution in [2.24, 2.45) is 17.3 Å². The topological polar surface area (TPSA) is 63.1 Å². The summed E-state index contributed by atoms with van der Waals surface area (Å²) in [7, 11) is 0. The molecule has 5 rings (SSSR count). The number of aliphatic hydroxyl groups excluding tert-OH is 1. The fourth-order valence-corrected chi connectivity index (χ4v) is 7.59. The van der Waals surface area contributed by atoms with Crippen LogP contribution in [0.25, 0.3) is 42.3 Å². The standard InChI is InChI=1S/C29H29N2S.C13H24O2.Ir/c1-28(2,3)16-19-11-9-13-22-25-27(32-26(19)22)24(30-17-31-25)20-14-18-10-7-8-12-21(18)23(15-20)29(4,5)6;1-5-10(6-2)12(14)9-13(15)11(7-3)8-4;/h7-13,15,17H,16H2,1-6H3;9-11,14H,5-8H2,1-4H3;/q-1;;/b;12-9-;. The van der Waals surface area contributed by atoms with Gasteiger partial charge in [0.2, 0.25) is 0 Å². The fraction of sp³-hybridized carbons (Fsp3) is 0.452. The summed E-state index contributed by atoms with van der Waals surface area (Å²) in [5, 5.41) is 13.4. The molecule has 259 valence electrons. The van der Waals surface area contributed by atoms with Crippen molar-refractivity contribution < 1.29 is 30.0 Å². The van der Waals surface area contributed by atoms with Gasteiger partial charge in [0.25, 0.3) is 0 Å². The number of carbonyl (C=O) groups excluding carboxylic acids is 1. The molecule has 0 saturated heterocycles. The van der Waals surface area contributed by atoms with Gasteiger partial charge in [0.15, 0.2) is 5.78 Å². The van der Waals surface area contributed by atoms with Gasteiger partial charge in [-0.25, -0.2) is 4.98 Å². The molecule has 5 aromatic rings. The monoisotopic (exact) mass is 842 g/mol. The zero-order valence-electron chi connectivity index (χ0n) is 30.5. The number of aliphatic hydroxyl groups is 1. The van der Waals surface area contributed by atoms with E-state index in [9.17, 15) is 9.90 Å². The van der Waals surface area contributed by atoms with E-state index in [0.717, 1.165) is 59.0 Å². The molecular weight excluding hydrogens is 789 g/mol. The number of ketones is 1. The number of thiophene rings is 1. The van der Waals surface area contributed by atoms with E-state index in [1.165, 1.54) is 32.7 Å². The van der Waals surface area contributed by atoms with E-state index in [1.807, 2.05) is 39.0 Å². The molecule has 4 nitrogen and oxygen atoms in total. The predicted molar refractivity (Wildman–Crippen MR) is 202 cm³/mol. The Morgan fingerprint density at radius 2 is 1.48 bits per heavy atom. The number of benzene rings is 3. The number of hydrogen-bond donors (Lipinski definition) is 1. The second kappa shape index (κ2) is 16.7. The average molecular weight is 842 g/mol. The van der Waals surface area contributed by atoms with Crippen molar-refractivity contribution in [2.75, 3.05) is 0 Å². The van der Waals surface area contributed by atoms with Gasteiger partial charge in [0.1, 0.15) is 6.33 Å². The summed E-state index contributed by atoms with van der Waals surface area (Å²) in [5.41, 5.74) is 6.04. The van der Waals surface area contributed by atoms with E-state index in [-0.39, 0.29) is 54.3 Å². The van der Waals surface area contributed by atoms with Crippen molar-refractivity contribution in [3.05, 3.63) is 83.9 Å². The first-order chi connectivity index (χ1) is 22.2. The van der Waals surface area contributed by atoms with Gasteiger partial charge < -0.3 is 5.11 Å². The van der Waals surface area contributed by atoms with E-state index >= 15 is 0 Å². The third kappa shape index (κ3) is 9.20. The third-order valence-corrected chi connectivity index (χ3v) is 10.3. The molecular formula is C42H53IrN2O2S-. The van der Waals surface area contributed by atoms with E-state index in [4.69, 9.17) is 9.97 Å². The molecule has 1 N–H and O–H groups in total. The molecule has 0 spiro atoms. The van der Waals surface area contributed by atoms with Crippen molar-refractivity contribution in [3.63, 3.8) is 0 Å². The quantitative estimate of drug-likeness (QED) is 0.0912. The maximum atomic E-state index is 11.7. The first-order valence-electron chi connectivity index (χ1n) is 17.3. The molecule has 0 atom stereocenters. The van der Waals surface area contributed by atoms with E-state index < -0.39 is 0 Å². The zero-order chi connectivity index (χ0) is 34.5. The summed E-state index contributed by atoms with van der Waals surface area (Å²) in [5.74, 6) is 0.547. The van der Waals surface area contributed by atoms with Gasteiger partial charge in [-0.05, 0) is 48.5 Å². The summed E-state index contributed by atoms with van der Waals surface area (Å²) in [6.45, 7) is 21.8. The smallest absolute Gasteiger partial charge is 0.162 e. The number of allylic oxidation sites excluding steroid dienone is 2. The Morgan fingerprint density at radius 3 is 2.08 bits per heavy atom. The largest absolute Gasteiger partial charge is 0.512 e. The second-order valence-corrected chi connectivity index (χ2v) is 15.9. The van der Waals surface area contributed by atoms with Gasteiger partial charge in [-0.15, -0.1) is 40.5 Å². The van der Waals surface area contributed by atoms with Crippen molar-refractivity contribution in [1.29, 1.82) is 0 Å². The van der Waals surface area contributed by atoms with Crippen LogP contribution in [0.3, 0.4) is 0 Å². The Hall–Kier alpha value is -2.92. The average Bonchev–Trinajstić information content (AvgIpc) is 3.41.